The molecule has 0 aliphatic carbocycles. The Labute approximate surface area is 189 Å². The molecule has 0 spiro atoms. The zero-order valence-corrected chi connectivity index (χ0v) is 20.1. The van der Waals surface area contributed by atoms with E-state index >= 15 is 0 Å². The molecule has 0 unspecified atom stereocenters. The van der Waals surface area contributed by atoms with E-state index in [1.54, 1.807) is 0 Å². The van der Waals surface area contributed by atoms with Crippen LogP contribution in [-0.4, -0.2) is 11.6 Å². The largest absolute Gasteiger partial charge is 0.293 e. The van der Waals surface area contributed by atoms with Crippen molar-refractivity contribution in [3.63, 3.8) is 0 Å². The van der Waals surface area contributed by atoms with Gasteiger partial charge in [0.25, 0.3) is 0 Å². The van der Waals surface area contributed by atoms with E-state index in [0.717, 1.165) is 70.6 Å². The molecular formula is C22H22F2O2S4. The lowest BCUT2D eigenvalue weighted by Crippen LogP contribution is -1.96. The van der Waals surface area contributed by atoms with E-state index in [2.05, 4.69) is 13.8 Å². The number of carbonyl (C=O) groups excluding carboxylic acids is 2. The first-order chi connectivity index (χ1) is 14.5. The fourth-order valence-electron chi connectivity index (χ4n) is 3.69. The number of ketones is 2. The maximum Gasteiger partial charge on any atom is 0.195 e. The van der Waals surface area contributed by atoms with Crippen LogP contribution in [0.2, 0.25) is 0 Å². The SMILES string of the molecule is CCCCCC(=O)c1sc(F)c2sc3c(sc4c(F)sc(C(=O)CCCCC)c43)c12. The molecule has 4 aromatic heterocycles. The van der Waals surface area contributed by atoms with Crippen molar-refractivity contribution in [3.8, 4) is 0 Å². The molecule has 0 bridgehead atoms. The van der Waals surface area contributed by atoms with Gasteiger partial charge < -0.3 is 0 Å². The highest BCUT2D eigenvalue weighted by molar-refractivity contribution is 7.39. The molecule has 0 aromatic carbocycles. The topological polar surface area (TPSA) is 34.1 Å². The number of hydrogen-bond donors (Lipinski definition) is 0. The van der Waals surface area contributed by atoms with Crippen molar-refractivity contribution in [1.82, 2.24) is 0 Å². The summed E-state index contributed by atoms with van der Waals surface area (Å²) in [7, 11) is 0. The molecule has 30 heavy (non-hydrogen) atoms. The number of Topliss-reactive ketones (excluding diaryl/α,β-unsaturated/α-hetero) is 2. The molecule has 0 radical (unpaired) electrons. The van der Waals surface area contributed by atoms with Crippen molar-refractivity contribution in [2.45, 2.75) is 65.2 Å². The Morgan fingerprint density at radius 2 is 1.03 bits per heavy atom. The average Bonchev–Trinajstić information content (AvgIpc) is 3.42. The van der Waals surface area contributed by atoms with E-state index in [-0.39, 0.29) is 21.8 Å². The van der Waals surface area contributed by atoms with Gasteiger partial charge in [0.05, 0.1) is 28.6 Å². The number of fused-ring (bicyclic) bond motifs is 5. The van der Waals surface area contributed by atoms with Gasteiger partial charge in [0.1, 0.15) is 0 Å². The maximum atomic E-state index is 14.7. The molecule has 0 saturated heterocycles. The molecule has 0 aliphatic heterocycles. The quantitative estimate of drug-likeness (QED) is 0.166. The van der Waals surface area contributed by atoms with Crippen LogP contribution in [0.25, 0.3) is 29.6 Å². The molecule has 0 fully saturated rings. The summed E-state index contributed by atoms with van der Waals surface area (Å²) in [6.45, 7) is 4.15. The summed E-state index contributed by atoms with van der Waals surface area (Å²) < 4.78 is 31.8. The Bertz CT molecular complexity index is 1140. The minimum Gasteiger partial charge on any atom is -0.293 e. The smallest absolute Gasteiger partial charge is 0.195 e. The maximum absolute atomic E-state index is 14.7. The summed E-state index contributed by atoms with van der Waals surface area (Å²) in [4.78, 5) is 26.4. The van der Waals surface area contributed by atoms with Crippen molar-refractivity contribution in [1.29, 1.82) is 0 Å². The van der Waals surface area contributed by atoms with E-state index in [4.69, 9.17) is 0 Å². The summed E-state index contributed by atoms with van der Waals surface area (Å²) in [6, 6.07) is 0. The van der Waals surface area contributed by atoms with Gasteiger partial charge in [-0.3, -0.25) is 9.59 Å². The van der Waals surface area contributed by atoms with Gasteiger partial charge in [0, 0.05) is 23.6 Å². The van der Waals surface area contributed by atoms with Crippen molar-refractivity contribution in [2.24, 2.45) is 0 Å². The number of unbranched alkanes of at least 4 members (excludes halogenated alkanes) is 4. The molecule has 8 heteroatoms. The lowest BCUT2D eigenvalue weighted by molar-refractivity contribution is 0.0976. The lowest BCUT2D eigenvalue weighted by atomic mass is 10.1. The molecule has 4 heterocycles. The van der Waals surface area contributed by atoms with E-state index < -0.39 is 0 Å². The minimum absolute atomic E-state index is 0.0470. The second-order valence-electron chi connectivity index (χ2n) is 7.44. The molecule has 0 atom stereocenters. The summed E-state index contributed by atoms with van der Waals surface area (Å²) in [5, 5.41) is 0.511. The van der Waals surface area contributed by atoms with Crippen LogP contribution in [0.5, 0.6) is 0 Å². The van der Waals surface area contributed by atoms with Crippen LogP contribution in [0.15, 0.2) is 0 Å². The number of carbonyl (C=O) groups is 2. The monoisotopic (exact) mass is 484 g/mol. The second kappa shape index (κ2) is 9.10. The fraction of sp³-hybridized carbons (Fsp3) is 0.455. The van der Waals surface area contributed by atoms with Crippen LogP contribution in [0.3, 0.4) is 0 Å². The zero-order chi connectivity index (χ0) is 21.4. The lowest BCUT2D eigenvalue weighted by Gasteiger charge is -1.98. The minimum atomic E-state index is -0.364. The molecule has 0 N–H and O–H groups in total. The molecule has 0 amide bonds. The third-order valence-electron chi connectivity index (χ3n) is 5.24. The molecule has 160 valence electrons. The molecule has 2 nitrogen and oxygen atoms in total. The Morgan fingerprint density at radius 3 is 1.40 bits per heavy atom. The highest BCUT2D eigenvalue weighted by atomic mass is 32.1. The number of hydrogen-bond acceptors (Lipinski definition) is 6. The summed E-state index contributed by atoms with van der Waals surface area (Å²) >= 11 is 4.29. The summed E-state index contributed by atoms with van der Waals surface area (Å²) in [6.07, 6.45) is 6.32. The van der Waals surface area contributed by atoms with Gasteiger partial charge in [-0.25, -0.2) is 0 Å². The Balaban J connectivity index is 1.83. The van der Waals surface area contributed by atoms with Gasteiger partial charge in [0.15, 0.2) is 21.8 Å². The summed E-state index contributed by atoms with van der Waals surface area (Å²) in [5.41, 5.74) is 0. The highest BCUT2D eigenvalue weighted by Gasteiger charge is 2.28. The van der Waals surface area contributed by atoms with Crippen LogP contribution in [0, 0.1) is 10.3 Å². The standard InChI is InChI=1S/C22H22F2O2S4/c1-3-5-7-9-11(25)15-13-17-18(28-19(13)21(23)29-15)14-16(12(26)10-8-6-4-2)30-22(24)20(14)27-17/h3-10H2,1-2H3. The third kappa shape index (κ3) is 3.76. The number of thiophene rings is 4. The third-order valence-corrected chi connectivity index (χ3v) is 10.1. The summed E-state index contributed by atoms with van der Waals surface area (Å²) in [5.74, 6) is -0.0939. The van der Waals surface area contributed by atoms with Crippen molar-refractivity contribution in [3.05, 3.63) is 20.0 Å². The Kier molecular flexibility index (Phi) is 6.67. The van der Waals surface area contributed by atoms with E-state index in [0.29, 0.717) is 42.8 Å². The van der Waals surface area contributed by atoms with E-state index in [9.17, 15) is 18.4 Å². The van der Waals surface area contributed by atoms with Gasteiger partial charge in [-0.15, -0.1) is 45.3 Å². The molecule has 0 saturated carbocycles. The molecule has 4 rings (SSSR count). The predicted molar refractivity (Wildman–Crippen MR) is 127 cm³/mol. The second-order valence-corrected chi connectivity index (χ2v) is 11.4. The van der Waals surface area contributed by atoms with Gasteiger partial charge >= 0.3 is 0 Å². The number of rotatable bonds is 10. The van der Waals surface area contributed by atoms with Crippen molar-refractivity contribution >= 4 is 86.5 Å². The highest BCUT2D eigenvalue weighted by Crippen LogP contribution is 2.52. The van der Waals surface area contributed by atoms with E-state index in [1.165, 1.54) is 22.7 Å². The van der Waals surface area contributed by atoms with Crippen LogP contribution < -0.4 is 0 Å². The Morgan fingerprint density at radius 1 is 0.633 bits per heavy atom. The van der Waals surface area contributed by atoms with Gasteiger partial charge in [0.2, 0.25) is 0 Å². The predicted octanol–water partition coefficient (Wildman–Crippen LogP) is 9.20. The average molecular weight is 485 g/mol. The van der Waals surface area contributed by atoms with Crippen molar-refractivity contribution < 1.29 is 18.4 Å². The van der Waals surface area contributed by atoms with Crippen LogP contribution in [0.4, 0.5) is 8.78 Å². The van der Waals surface area contributed by atoms with Gasteiger partial charge in [-0.2, -0.15) is 8.78 Å². The van der Waals surface area contributed by atoms with Crippen LogP contribution in [0.1, 0.15) is 84.6 Å². The first-order valence-corrected chi connectivity index (χ1v) is 13.6. The molecule has 0 aliphatic rings. The number of halogens is 2. The van der Waals surface area contributed by atoms with Crippen molar-refractivity contribution in [2.75, 3.05) is 0 Å². The first kappa shape index (κ1) is 22.0. The van der Waals surface area contributed by atoms with E-state index in [1.807, 2.05) is 0 Å². The molecular weight excluding hydrogens is 463 g/mol. The van der Waals surface area contributed by atoms with Crippen LogP contribution >= 0.6 is 45.3 Å². The normalized spacial score (nSPS) is 12.0. The van der Waals surface area contributed by atoms with Gasteiger partial charge in [-0.05, 0) is 12.8 Å². The fourth-order valence-corrected chi connectivity index (χ4v) is 8.80. The molecule has 4 aromatic rings. The zero-order valence-electron chi connectivity index (χ0n) is 16.9. The van der Waals surface area contributed by atoms with Gasteiger partial charge in [-0.1, -0.05) is 39.5 Å². The Hall–Kier alpha value is -1.22. The van der Waals surface area contributed by atoms with Crippen LogP contribution in [-0.2, 0) is 0 Å². The first-order valence-electron chi connectivity index (χ1n) is 10.3.